The molecular weight excluding hydrogens is 314 g/mol. The molecule has 1 aromatic carbocycles. The molecule has 0 saturated carbocycles. The van der Waals surface area contributed by atoms with E-state index >= 15 is 0 Å². The highest BCUT2D eigenvalue weighted by molar-refractivity contribution is 5.98. The fraction of sp³-hybridized carbons (Fsp3) is 0.538. The molecule has 0 aliphatic carbocycles. The Labute approximate surface area is 121 Å². The molecule has 21 heavy (non-hydrogen) atoms. The van der Waals surface area contributed by atoms with Crippen LogP contribution >= 0.6 is 0 Å². The van der Waals surface area contributed by atoms with Crippen molar-refractivity contribution in [3.8, 4) is 0 Å². The van der Waals surface area contributed by atoms with Gasteiger partial charge in [0, 0.05) is 0 Å². The van der Waals surface area contributed by atoms with E-state index in [2.05, 4.69) is 0 Å². The summed E-state index contributed by atoms with van der Waals surface area (Å²) in [7, 11) is 0.212. The lowest BCUT2D eigenvalue weighted by Crippen LogP contribution is -2.28. The molecule has 0 aliphatic rings. The third-order valence-electron chi connectivity index (χ3n) is 3.65. The smallest absolute Gasteiger partial charge is 0.416 e. The van der Waals surface area contributed by atoms with Crippen LogP contribution in [0.4, 0.5) is 26.3 Å². The van der Waals surface area contributed by atoms with Crippen molar-refractivity contribution in [2.45, 2.75) is 44.6 Å². The Hall–Kier alpha value is -1.02. The molecular formula is C13H16F6OSi. The van der Waals surface area contributed by atoms with E-state index in [1.54, 1.807) is 13.8 Å². The minimum Gasteiger partial charge on any atom is -0.418 e. The molecule has 1 nitrogen and oxygen atoms in total. The van der Waals surface area contributed by atoms with E-state index in [1.165, 1.54) is 0 Å². The fourth-order valence-electron chi connectivity index (χ4n) is 2.28. The summed E-state index contributed by atoms with van der Waals surface area (Å²) >= 11 is 0. The van der Waals surface area contributed by atoms with Crippen LogP contribution < -0.4 is 0 Å². The quantitative estimate of drug-likeness (QED) is 0.598. The van der Waals surface area contributed by atoms with Gasteiger partial charge >= 0.3 is 12.4 Å². The number of hydrogen-bond acceptors (Lipinski definition) is 1. The van der Waals surface area contributed by atoms with E-state index in [0.29, 0.717) is 12.8 Å². The van der Waals surface area contributed by atoms with Crippen LogP contribution in [-0.2, 0) is 22.4 Å². The van der Waals surface area contributed by atoms with Crippen molar-refractivity contribution in [2.24, 2.45) is 0 Å². The van der Waals surface area contributed by atoms with Crippen LogP contribution in [0.5, 0.6) is 0 Å². The molecule has 120 valence electrons. The fourth-order valence-corrected chi connectivity index (χ4v) is 3.10. The van der Waals surface area contributed by atoms with E-state index < -0.39 is 29.1 Å². The van der Waals surface area contributed by atoms with E-state index in [1.807, 2.05) is 0 Å². The summed E-state index contributed by atoms with van der Waals surface area (Å²) in [4.78, 5) is 0. The average molecular weight is 330 g/mol. The van der Waals surface area contributed by atoms with Gasteiger partial charge in [-0.15, -0.1) is 0 Å². The van der Waals surface area contributed by atoms with Crippen molar-refractivity contribution in [2.75, 3.05) is 0 Å². The van der Waals surface area contributed by atoms with Gasteiger partial charge in [0.2, 0.25) is 0 Å². The van der Waals surface area contributed by atoms with Gasteiger partial charge in [-0.25, -0.2) is 0 Å². The van der Waals surface area contributed by atoms with Gasteiger partial charge in [0.1, 0.15) is 10.5 Å². The lowest BCUT2D eigenvalue weighted by Gasteiger charge is -2.32. The Balaban J connectivity index is 3.59. The normalized spacial score (nSPS) is 13.7. The van der Waals surface area contributed by atoms with Crippen LogP contribution in [0.25, 0.3) is 0 Å². The van der Waals surface area contributed by atoms with Crippen molar-refractivity contribution < 1.29 is 30.8 Å². The second-order valence-corrected chi connectivity index (χ2v) is 5.11. The highest BCUT2D eigenvalue weighted by Crippen LogP contribution is 2.41. The minimum absolute atomic E-state index is 0.0790. The predicted molar refractivity (Wildman–Crippen MR) is 69.7 cm³/mol. The molecule has 0 saturated heterocycles. The Kier molecular flexibility index (Phi) is 5.15. The summed E-state index contributed by atoms with van der Waals surface area (Å²) in [5.41, 5.74) is -3.80. The van der Waals surface area contributed by atoms with E-state index in [9.17, 15) is 26.3 Å². The zero-order valence-corrected chi connectivity index (χ0v) is 13.8. The van der Waals surface area contributed by atoms with Crippen molar-refractivity contribution >= 4 is 10.5 Å². The zero-order valence-electron chi connectivity index (χ0n) is 11.8. The average Bonchev–Trinajstić information content (AvgIpc) is 2.39. The SMILES string of the molecule is CCC(CC)(O[SiH3])c1cc(C(F)(F)F)cc(C(F)(F)F)c1. The summed E-state index contributed by atoms with van der Waals surface area (Å²) in [6.45, 7) is 3.35. The van der Waals surface area contributed by atoms with Crippen molar-refractivity contribution in [3.05, 3.63) is 34.9 Å². The summed E-state index contributed by atoms with van der Waals surface area (Å²) in [6.07, 6.45) is -9.08. The monoisotopic (exact) mass is 330 g/mol. The highest BCUT2D eigenvalue weighted by Gasteiger charge is 2.39. The number of hydrogen-bond donors (Lipinski definition) is 0. The van der Waals surface area contributed by atoms with Crippen LogP contribution in [0.3, 0.4) is 0 Å². The van der Waals surface area contributed by atoms with Crippen molar-refractivity contribution in [1.82, 2.24) is 0 Å². The third kappa shape index (κ3) is 3.79. The van der Waals surface area contributed by atoms with Crippen LogP contribution in [0.1, 0.15) is 43.4 Å². The molecule has 8 heteroatoms. The maximum absolute atomic E-state index is 12.8. The summed E-state index contributed by atoms with van der Waals surface area (Å²) in [6, 6.07) is 1.63. The first-order chi connectivity index (χ1) is 9.50. The van der Waals surface area contributed by atoms with Gasteiger partial charge in [-0.3, -0.25) is 0 Å². The Morgan fingerprint density at radius 2 is 1.14 bits per heavy atom. The molecule has 0 amide bonds. The molecule has 0 atom stereocenters. The minimum atomic E-state index is -4.84. The number of halogens is 6. The first-order valence-corrected chi connectivity index (χ1v) is 7.17. The van der Waals surface area contributed by atoms with Gasteiger partial charge in [-0.05, 0) is 36.6 Å². The van der Waals surface area contributed by atoms with E-state index in [0.717, 1.165) is 12.1 Å². The summed E-state index contributed by atoms with van der Waals surface area (Å²) in [5.74, 6) is 0. The first-order valence-electron chi connectivity index (χ1n) is 6.35. The molecule has 0 bridgehead atoms. The topological polar surface area (TPSA) is 9.23 Å². The standard InChI is InChI=1S/C13H16F6OSi/c1-3-11(4-2,20-21)8-5-9(12(14,15)16)7-10(6-8)13(17,18)19/h5-7H,3-4H2,1-2,21H3. The maximum atomic E-state index is 12.8. The van der Waals surface area contributed by atoms with Crippen LogP contribution in [-0.4, -0.2) is 10.5 Å². The molecule has 0 heterocycles. The largest absolute Gasteiger partial charge is 0.418 e. The number of rotatable bonds is 4. The van der Waals surface area contributed by atoms with E-state index in [-0.39, 0.29) is 22.1 Å². The lowest BCUT2D eigenvalue weighted by molar-refractivity contribution is -0.143. The van der Waals surface area contributed by atoms with Gasteiger partial charge in [-0.2, -0.15) is 26.3 Å². The molecule has 1 rings (SSSR count). The molecule has 1 aromatic rings. The van der Waals surface area contributed by atoms with Crippen molar-refractivity contribution in [3.63, 3.8) is 0 Å². The Bertz CT molecular complexity index is 450. The molecule has 0 spiro atoms. The highest BCUT2D eigenvalue weighted by atomic mass is 28.2. The molecule has 0 unspecified atom stereocenters. The molecule has 0 N–H and O–H groups in total. The van der Waals surface area contributed by atoms with Gasteiger partial charge in [-0.1, -0.05) is 13.8 Å². The van der Waals surface area contributed by atoms with Gasteiger partial charge in [0.15, 0.2) is 0 Å². The predicted octanol–water partition coefficient (Wildman–Crippen LogP) is 4.04. The van der Waals surface area contributed by atoms with Gasteiger partial charge in [0.05, 0.1) is 16.7 Å². The number of alkyl halides is 6. The second kappa shape index (κ2) is 6.00. The van der Waals surface area contributed by atoms with Crippen LogP contribution in [0.15, 0.2) is 18.2 Å². The van der Waals surface area contributed by atoms with Crippen molar-refractivity contribution in [1.29, 1.82) is 0 Å². The molecule has 0 fully saturated rings. The maximum Gasteiger partial charge on any atom is 0.416 e. The first kappa shape index (κ1) is 18.0. The second-order valence-electron chi connectivity index (χ2n) is 4.70. The Morgan fingerprint density at radius 1 is 0.810 bits per heavy atom. The zero-order chi connectivity index (χ0) is 16.5. The third-order valence-corrected chi connectivity index (χ3v) is 4.43. The number of benzene rings is 1. The summed E-state index contributed by atoms with van der Waals surface area (Å²) < 4.78 is 82.4. The van der Waals surface area contributed by atoms with Crippen LogP contribution in [0, 0.1) is 0 Å². The van der Waals surface area contributed by atoms with Gasteiger partial charge < -0.3 is 4.43 Å². The van der Waals surface area contributed by atoms with Gasteiger partial charge in [0.25, 0.3) is 0 Å². The van der Waals surface area contributed by atoms with Crippen LogP contribution in [0.2, 0.25) is 0 Å². The Morgan fingerprint density at radius 3 is 1.38 bits per heavy atom. The van der Waals surface area contributed by atoms with E-state index in [4.69, 9.17) is 4.43 Å². The molecule has 0 radical (unpaired) electrons. The molecule has 0 aliphatic heterocycles. The summed E-state index contributed by atoms with van der Waals surface area (Å²) in [5, 5.41) is 0. The lowest BCUT2D eigenvalue weighted by atomic mass is 9.86. The molecule has 0 aromatic heterocycles.